The minimum absolute atomic E-state index is 0.000909. The fourth-order valence-electron chi connectivity index (χ4n) is 5.43. The second-order valence-corrected chi connectivity index (χ2v) is 11.4. The smallest absolute Gasteiger partial charge is 0.404 e. The van der Waals surface area contributed by atoms with Crippen molar-refractivity contribution >= 4 is 45.0 Å². The first-order valence-corrected chi connectivity index (χ1v) is 14.4. The van der Waals surface area contributed by atoms with Crippen LogP contribution >= 0.6 is 22.9 Å². The number of halogens is 3. The number of rotatable bonds is 8. The van der Waals surface area contributed by atoms with Crippen molar-refractivity contribution in [1.82, 2.24) is 15.2 Å². The van der Waals surface area contributed by atoms with Crippen molar-refractivity contribution in [1.29, 1.82) is 0 Å². The summed E-state index contributed by atoms with van der Waals surface area (Å²) in [5, 5.41) is 11.2. The molecule has 2 heterocycles. The van der Waals surface area contributed by atoms with E-state index < -0.39 is 23.6 Å². The molecular formula is C30H28ClF2N3O4S. The summed E-state index contributed by atoms with van der Waals surface area (Å²) in [6, 6.07) is 11.3. The normalized spacial score (nSPS) is 16.9. The van der Waals surface area contributed by atoms with Gasteiger partial charge in [0, 0.05) is 37.1 Å². The Bertz CT molecular complexity index is 1580. The summed E-state index contributed by atoms with van der Waals surface area (Å²) in [6.07, 6.45) is 5.04. The highest BCUT2D eigenvalue weighted by molar-refractivity contribution is 7.21. The third-order valence-corrected chi connectivity index (χ3v) is 9.25. The third-order valence-electron chi connectivity index (χ3n) is 7.57. The van der Waals surface area contributed by atoms with E-state index in [2.05, 4.69) is 10.3 Å². The molecule has 11 heteroatoms. The Kier molecular flexibility index (Phi) is 8.70. The molecule has 0 atom stereocenters. The van der Waals surface area contributed by atoms with Gasteiger partial charge in [0.05, 0.1) is 22.2 Å². The van der Waals surface area contributed by atoms with Gasteiger partial charge < -0.3 is 20.1 Å². The highest BCUT2D eigenvalue weighted by Gasteiger charge is 2.33. The molecule has 0 saturated heterocycles. The van der Waals surface area contributed by atoms with E-state index in [0.717, 1.165) is 40.2 Å². The standard InChI is InChI=1S/C30H28ClF2N3O4S/c1-40-24-9-4-19(18-10-12-34-13-11-18)14-20(24)16-36(21-5-2-17(3-6-21)15-35-30(38)39)29(37)28-26(31)25-22(32)7-8-23(33)27(25)41-28/h4,7-14,17,21,35H,2-3,5-6,15-16H2,1H3,(H,38,39). The van der Waals surface area contributed by atoms with E-state index in [4.69, 9.17) is 21.4 Å². The minimum atomic E-state index is -1.07. The predicted octanol–water partition coefficient (Wildman–Crippen LogP) is 7.37. The Labute approximate surface area is 244 Å². The molecule has 5 rings (SSSR count). The molecule has 0 spiro atoms. The Morgan fingerprint density at radius 2 is 1.78 bits per heavy atom. The number of amides is 2. The number of methoxy groups -OCH3 is 1. The molecule has 2 aromatic heterocycles. The largest absolute Gasteiger partial charge is 0.496 e. The lowest BCUT2D eigenvalue weighted by atomic mass is 9.85. The molecular weight excluding hydrogens is 572 g/mol. The van der Waals surface area contributed by atoms with Gasteiger partial charge >= 0.3 is 6.09 Å². The number of nitrogens with zero attached hydrogens (tertiary/aromatic N) is 2. The van der Waals surface area contributed by atoms with E-state index >= 15 is 0 Å². The number of aromatic nitrogens is 1. The number of pyridine rings is 1. The average molecular weight is 600 g/mol. The summed E-state index contributed by atoms with van der Waals surface area (Å²) in [4.78, 5) is 31.0. The molecule has 0 unspecified atom stereocenters. The zero-order valence-electron chi connectivity index (χ0n) is 22.2. The highest BCUT2D eigenvalue weighted by Crippen LogP contribution is 2.41. The lowest BCUT2D eigenvalue weighted by molar-refractivity contribution is 0.0592. The van der Waals surface area contributed by atoms with Gasteiger partial charge in [0.25, 0.3) is 5.91 Å². The maximum absolute atomic E-state index is 14.6. The Morgan fingerprint density at radius 1 is 1.07 bits per heavy atom. The topological polar surface area (TPSA) is 91.8 Å². The summed E-state index contributed by atoms with van der Waals surface area (Å²) < 4.78 is 34.9. The van der Waals surface area contributed by atoms with Gasteiger partial charge in [0.2, 0.25) is 0 Å². The lowest BCUT2D eigenvalue weighted by Gasteiger charge is -2.37. The molecule has 0 aliphatic heterocycles. The van der Waals surface area contributed by atoms with Crippen LogP contribution in [0.1, 0.15) is 40.9 Å². The summed E-state index contributed by atoms with van der Waals surface area (Å²) in [7, 11) is 1.56. The number of thiophene rings is 1. The fourth-order valence-corrected chi connectivity index (χ4v) is 6.94. The molecule has 4 aromatic rings. The molecule has 2 aromatic carbocycles. The zero-order chi connectivity index (χ0) is 29.1. The van der Waals surface area contributed by atoms with Crippen LogP contribution in [0, 0.1) is 17.6 Å². The molecule has 41 heavy (non-hydrogen) atoms. The minimum Gasteiger partial charge on any atom is -0.496 e. The third kappa shape index (κ3) is 6.13. The Balaban J connectivity index is 1.51. The van der Waals surface area contributed by atoms with Crippen molar-refractivity contribution in [2.24, 2.45) is 5.92 Å². The van der Waals surface area contributed by atoms with Gasteiger partial charge in [-0.2, -0.15) is 0 Å². The monoisotopic (exact) mass is 599 g/mol. The van der Waals surface area contributed by atoms with E-state index in [0.29, 0.717) is 38.0 Å². The van der Waals surface area contributed by atoms with Crippen LogP contribution in [0.3, 0.4) is 0 Å². The molecule has 1 fully saturated rings. The van der Waals surface area contributed by atoms with Gasteiger partial charge in [-0.05, 0) is 79.1 Å². The van der Waals surface area contributed by atoms with Crippen molar-refractivity contribution in [2.75, 3.05) is 13.7 Å². The molecule has 1 aliphatic carbocycles. The molecule has 1 saturated carbocycles. The van der Waals surface area contributed by atoms with E-state index in [1.165, 1.54) is 0 Å². The second-order valence-electron chi connectivity index (χ2n) is 10.0. The second kappa shape index (κ2) is 12.4. The summed E-state index contributed by atoms with van der Waals surface area (Å²) in [5.41, 5.74) is 2.63. The van der Waals surface area contributed by atoms with Gasteiger partial charge in [0.1, 0.15) is 22.3 Å². The van der Waals surface area contributed by atoms with Crippen LogP contribution in [0.15, 0.2) is 54.9 Å². The van der Waals surface area contributed by atoms with Gasteiger partial charge in [-0.1, -0.05) is 17.7 Å². The molecule has 7 nitrogen and oxygen atoms in total. The number of carbonyl (C=O) groups is 2. The van der Waals surface area contributed by atoms with Gasteiger partial charge in [-0.25, -0.2) is 13.6 Å². The number of fused-ring (bicyclic) bond motifs is 1. The molecule has 2 N–H and O–H groups in total. The predicted molar refractivity (Wildman–Crippen MR) is 155 cm³/mol. The maximum atomic E-state index is 14.6. The molecule has 0 bridgehead atoms. The van der Waals surface area contributed by atoms with Crippen LogP contribution in [0.2, 0.25) is 5.02 Å². The average Bonchev–Trinajstić information content (AvgIpc) is 3.35. The van der Waals surface area contributed by atoms with Crippen LogP contribution in [-0.4, -0.2) is 46.7 Å². The van der Waals surface area contributed by atoms with Crippen LogP contribution in [-0.2, 0) is 6.54 Å². The van der Waals surface area contributed by atoms with E-state index in [1.807, 2.05) is 30.3 Å². The number of nitrogens with one attached hydrogen (secondary N) is 1. The van der Waals surface area contributed by atoms with Crippen molar-refractivity contribution < 1.29 is 28.2 Å². The van der Waals surface area contributed by atoms with Crippen LogP contribution < -0.4 is 10.1 Å². The maximum Gasteiger partial charge on any atom is 0.404 e. The number of hydrogen-bond acceptors (Lipinski definition) is 5. The van der Waals surface area contributed by atoms with E-state index in [1.54, 1.807) is 24.4 Å². The summed E-state index contributed by atoms with van der Waals surface area (Å²) >= 11 is 7.38. The number of ether oxygens (including phenoxy) is 1. The van der Waals surface area contributed by atoms with Gasteiger partial charge in [-0.3, -0.25) is 9.78 Å². The van der Waals surface area contributed by atoms with Crippen LogP contribution in [0.4, 0.5) is 13.6 Å². The number of carbonyl (C=O) groups excluding carboxylic acids is 1. The first-order valence-electron chi connectivity index (χ1n) is 13.2. The van der Waals surface area contributed by atoms with Crippen LogP contribution in [0.25, 0.3) is 21.2 Å². The SMILES string of the molecule is COc1ccc(-c2ccncc2)cc1CN(C(=O)c1sc2c(F)ccc(F)c2c1Cl)C1CCC(CNC(=O)O)CC1. The zero-order valence-corrected chi connectivity index (χ0v) is 23.8. The molecule has 1 aliphatic rings. The Hall–Kier alpha value is -3.76. The van der Waals surface area contributed by atoms with Crippen LogP contribution in [0.5, 0.6) is 5.75 Å². The van der Waals surface area contributed by atoms with Crippen molar-refractivity contribution in [3.8, 4) is 16.9 Å². The summed E-state index contributed by atoms with van der Waals surface area (Å²) in [6.45, 7) is 0.525. The fraction of sp³-hybridized carbons (Fsp3) is 0.300. The molecule has 214 valence electrons. The van der Waals surface area contributed by atoms with Gasteiger partial charge in [0.15, 0.2) is 0 Å². The molecule has 2 amide bonds. The van der Waals surface area contributed by atoms with Crippen molar-refractivity contribution in [3.63, 3.8) is 0 Å². The lowest BCUT2D eigenvalue weighted by Crippen LogP contribution is -2.43. The first kappa shape index (κ1) is 28.8. The number of hydrogen-bond donors (Lipinski definition) is 2. The van der Waals surface area contributed by atoms with E-state index in [9.17, 15) is 18.4 Å². The van der Waals surface area contributed by atoms with Crippen molar-refractivity contribution in [3.05, 3.63) is 82.0 Å². The number of benzene rings is 2. The quantitative estimate of drug-likeness (QED) is 0.221. The Morgan fingerprint density at radius 3 is 2.44 bits per heavy atom. The molecule has 0 radical (unpaired) electrons. The van der Waals surface area contributed by atoms with Crippen molar-refractivity contribution in [2.45, 2.75) is 38.3 Å². The number of carboxylic acid groups (broad SMARTS) is 1. The summed E-state index contributed by atoms with van der Waals surface area (Å²) in [5.74, 6) is -0.999. The van der Waals surface area contributed by atoms with E-state index in [-0.39, 0.29) is 38.5 Å². The first-order chi connectivity index (χ1) is 19.8. The van der Waals surface area contributed by atoms with Gasteiger partial charge in [-0.15, -0.1) is 11.3 Å². The highest BCUT2D eigenvalue weighted by atomic mass is 35.5.